The summed E-state index contributed by atoms with van der Waals surface area (Å²) in [7, 11) is 1.37. The van der Waals surface area contributed by atoms with E-state index in [-0.39, 0.29) is 11.5 Å². The number of benzene rings is 2. The Morgan fingerprint density at radius 3 is 1.34 bits per heavy atom. The smallest absolute Gasteiger partial charge is 0.337 e. The van der Waals surface area contributed by atoms with Gasteiger partial charge in [-0.3, -0.25) is 0 Å². The van der Waals surface area contributed by atoms with Crippen molar-refractivity contribution in [2.24, 2.45) is 0 Å². The van der Waals surface area contributed by atoms with Gasteiger partial charge in [-0.15, -0.1) is 0 Å². The number of nitriles is 3. The number of carbonyl (C=O) groups excluding carboxylic acids is 1. The third-order valence-corrected chi connectivity index (χ3v) is 12.1. The van der Waals surface area contributed by atoms with Gasteiger partial charge >= 0.3 is 11.9 Å². The van der Waals surface area contributed by atoms with Gasteiger partial charge in [0.05, 0.1) is 34.9 Å². The van der Waals surface area contributed by atoms with Crippen molar-refractivity contribution in [3.63, 3.8) is 0 Å². The Bertz CT molecular complexity index is 2600. The molecule has 3 aromatic heterocycles. The highest BCUT2D eigenvalue weighted by Gasteiger charge is 2.20. The number of hydrogen-bond donors (Lipinski definition) is 1. The Balaban J connectivity index is 0.000000164. The lowest BCUT2D eigenvalue weighted by Crippen LogP contribution is -2.30. The molecule has 0 radical (unpaired) electrons. The molecule has 0 aliphatic carbocycles. The summed E-state index contributed by atoms with van der Waals surface area (Å²) >= 11 is 3.33. The number of aromatic carboxylic acids is 1. The van der Waals surface area contributed by atoms with Crippen LogP contribution in [0.4, 0.5) is 17.5 Å². The van der Waals surface area contributed by atoms with Gasteiger partial charge < -0.3 is 24.5 Å². The quantitative estimate of drug-likeness (QED) is 0.152. The van der Waals surface area contributed by atoms with E-state index in [9.17, 15) is 25.2 Å². The van der Waals surface area contributed by atoms with Crippen molar-refractivity contribution in [1.29, 1.82) is 15.8 Å². The maximum Gasteiger partial charge on any atom is 0.337 e. The predicted molar refractivity (Wildman–Crippen MR) is 251 cm³/mol. The molecule has 0 bridgehead atoms. The van der Waals surface area contributed by atoms with Crippen LogP contribution in [0.1, 0.15) is 106 Å². The summed E-state index contributed by atoms with van der Waals surface area (Å²) in [6.45, 7) is 9.66. The minimum atomic E-state index is -0.963. The first-order chi connectivity index (χ1) is 31.0. The summed E-state index contributed by atoms with van der Waals surface area (Å²) in [5, 5.41) is 37.3. The Hall–Kier alpha value is -6.82. The number of carboxylic acids is 1. The third kappa shape index (κ3) is 11.6. The van der Waals surface area contributed by atoms with E-state index >= 15 is 0 Å². The van der Waals surface area contributed by atoms with E-state index in [2.05, 4.69) is 63.8 Å². The molecule has 0 spiro atoms. The van der Waals surface area contributed by atoms with Crippen LogP contribution < -0.4 is 14.7 Å². The fourth-order valence-electron chi connectivity index (χ4n) is 8.21. The van der Waals surface area contributed by atoms with Crippen LogP contribution in [-0.2, 0) is 4.74 Å². The molecule has 14 heteroatoms. The second-order valence-corrected chi connectivity index (χ2v) is 17.0. The van der Waals surface area contributed by atoms with E-state index < -0.39 is 5.97 Å². The fraction of sp³-hybridized carbons (Fsp3) is 0.360. The van der Waals surface area contributed by atoms with E-state index in [1.165, 1.54) is 39.2 Å². The summed E-state index contributed by atoms with van der Waals surface area (Å²) in [6, 6.07) is 22.6. The molecule has 6 heterocycles. The lowest BCUT2D eigenvalue weighted by molar-refractivity contribution is 0.0599. The Morgan fingerprint density at radius 2 is 0.953 bits per heavy atom. The highest BCUT2D eigenvalue weighted by molar-refractivity contribution is 9.10. The Kier molecular flexibility index (Phi) is 16.4. The van der Waals surface area contributed by atoms with Crippen molar-refractivity contribution in [3.05, 3.63) is 117 Å². The molecule has 0 saturated carbocycles. The first-order valence-electron chi connectivity index (χ1n) is 21.7. The number of carbonyl (C=O) groups is 2. The second-order valence-electron chi connectivity index (χ2n) is 16.0. The minimum Gasteiger partial charge on any atom is -0.478 e. The Labute approximate surface area is 383 Å². The molecule has 3 saturated heterocycles. The van der Waals surface area contributed by atoms with E-state index in [0.717, 1.165) is 120 Å². The molecule has 0 amide bonds. The largest absolute Gasteiger partial charge is 0.478 e. The average molecular weight is 923 g/mol. The van der Waals surface area contributed by atoms with E-state index in [4.69, 9.17) is 10.00 Å². The first-order valence-corrected chi connectivity index (χ1v) is 22.5. The van der Waals surface area contributed by atoms with Crippen molar-refractivity contribution in [2.45, 2.75) is 71.6 Å². The van der Waals surface area contributed by atoms with Crippen molar-refractivity contribution < 1.29 is 19.4 Å². The SMILES string of the molecule is COC(=O)c1ccc(C)c(-c2cnc(N3CCCCC3)c(C#N)c2)c1.Cc1ccc(C(=O)O)cc1-c1cnc(N2CCCCC2)c(C#N)c1.N#Cc1cc(Br)cnc1N1CCCCC1. The maximum absolute atomic E-state index is 11.8. The van der Waals surface area contributed by atoms with Gasteiger partial charge in [0.15, 0.2) is 0 Å². The number of ether oxygens (including phenoxy) is 1. The summed E-state index contributed by atoms with van der Waals surface area (Å²) in [6.07, 6.45) is 15.9. The Morgan fingerprint density at radius 1 is 0.578 bits per heavy atom. The number of pyridine rings is 3. The van der Waals surface area contributed by atoms with Crippen molar-refractivity contribution in [2.75, 3.05) is 61.1 Å². The van der Waals surface area contributed by atoms with Gasteiger partial charge in [0, 0.05) is 73.5 Å². The summed E-state index contributed by atoms with van der Waals surface area (Å²) < 4.78 is 5.66. The standard InChI is InChI=1S/C20H21N3O2.C19H19N3O2.C11H12BrN3/c1-14-6-7-15(20(24)25-2)11-18(14)17-10-16(12-21)19(22-13-17)23-8-4-3-5-9-23;1-13-5-6-14(19(23)24)10-17(13)16-9-15(11-20)18(21-12-16)22-7-3-2-4-8-22;12-10-6-9(7-13)11(14-8-10)15-4-2-1-3-5-15/h6-7,10-11,13H,3-5,8-9H2,1-2H3;5-6,9-10,12H,2-4,7-8H2,1H3,(H,23,24);6,8H,1-5H2. The van der Waals surface area contributed by atoms with Crippen molar-refractivity contribution >= 4 is 45.3 Å². The number of halogens is 1. The van der Waals surface area contributed by atoms with Crippen LogP contribution in [0.15, 0.2) is 77.7 Å². The van der Waals surface area contributed by atoms with Crippen molar-refractivity contribution in [3.8, 4) is 40.5 Å². The van der Waals surface area contributed by atoms with E-state index in [1.807, 2.05) is 38.1 Å². The molecular weight excluding hydrogens is 871 g/mol. The molecule has 0 atom stereocenters. The molecule has 328 valence electrons. The number of aromatic nitrogens is 3. The number of rotatable bonds is 7. The van der Waals surface area contributed by atoms with Gasteiger partial charge in [0.1, 0.15) is 35.7 Å². The van der Waals surface area contributed by atoms with Crippen LogP contribution in [0.5, 0.6) is 0 Å². The number of aryl methyl sites for hydroxylation is 2. The number of hydrogen-bond acceptors (Lipinski definition) is 12. The number of nitrogens with zero attached hydrogens (tertiary/aromatic N) is 9. The van der Waals surface area contributed by atoms with Gasteiger partial charge in [-0.25, -0.2) is 24.5 Å². The number of esters is 1. The number of carboxylic acid groups (broad SMARTS) is 1. The zero-order valence-corrected chi connectivity index (χ0v) is 38.2. The van der Waals surface area contributed by atoms with Gasteiger partial charge in [0.25, 0.3) is 0 Å². The lowest BCUT2D eigenvalue weighted by Gasteiger charge is -2.28. The van der Waals surface area contributed by atoms with Crippen LogP contribution in [0.3, 0.4) is 0 Å². The van der Waals surface area contributed by atoms with Crippen molar-refractivity contribution in [1.82, 2.24) is 15.0 Å². The lowest BCUT2D eigenvalue weighted by atomic mass is 9.98. The number of methoxy groups -OCH3 is 1. The minimum absolute atomic E-state index is 0.231. The normalized spacial score (nSPS) is 14.6. The predicted octanol–water partition coefficient (Wildman–Crippen LogP) is 10.0. The van der Waals surface area contributed by atoms with Crippen LogP contribution in [-0.4, -0.2) is 78.4 Å². The van der Waals surface area contributed by atoms with E-state index in [1.54, 1.807) is 48.9 Å². The highest BCUT2D eigenvalue weighted by Crippen LogP contribution is 2.31. The van der Waals surface area contributed by atoms with Gasteiger partial charge in [-0.2, -0.15) is 15.8 Å². The summed E-state index contributed by atoms with van der Waals surface area (Å²) in [5.74, 6) is 0.982. The highest BCUT2D eigenvalue weighted by atomic mass is 79.9. The number of anilines is 3. The zero-order valence-electron chi connectivity index (χ0n) is 36.6. The van der Waals surface area contributed by atoms with Crippen LogP contribution in [0.2, 0.25) is 0 Å². The zero-order chi connectivity index (χ0) is 45.6. The second kappa shape index (κ2) is 22.5. The van der Waals surface area contributed by atoms with Gasteiger partial charge in [-0.05, 0) is 152 Å². The molecule has 5 aromatic rings. The summed E-state index contributed by atoms with van der Waals surface area (Å²) in [4.78, 5) is 43.0. The molecule has 1 N–H and O–H groups in total. The monoisotopic (exact) mass is 921 g/mol. The molecule has 2 aromatic carbocycles. The van der Waals surface area contributed by atoms with Crippen LogP contribution >= 0.6 is 15.9 Å². The fourth-order valence-corrected chi connectivity index (χ4v) is 8.54. The molecule has 0 unspecified atom stereocenters. The number of piperidine rings is 3. The molecule has 13 nitrogen and oxygen atoms in total. The molecule has 3 aliphatic heterocycles. The van der Waals surface area contributed by atoms with Crippen LogP contribution in [0, 0.1) is 47.8 Å². The molecular formula is C50H52BrN9O4. The first kappa shape index (κ1) is 46.7. The topological polar surface area (TPSA) is 183 Å². The molecule has 3 fully saturated rings. The van der Waals surface area contributed by atoms with Crippen LogP contribution in [0.25, 0.3) is 22.3 Å². The molecule has 8 rings (SSSR count). The molecule has 64 heavy (non-hydrogen) atoms. The van der Waals surface area contributed by atoms with Gasteiger partial charge in [0.2, 0.25) is 0 Å². The average Bonchev–Trinajstić information content (AvgIpc) is 3.34. The van der Waals surface area contributed by atoms with E-state index in [0.29, 0.717) is 22.3 Å². The maximum atomic E-state index is 11.8. The third-order valence-electron chi connectivity index (χ3n) is 11.7. The van der Waals surface area contributed by atoms with Gasteiger partial charge in [-0.1, -0.05) is 12.1 Å². The molecule has 3 aliphatic rings. The summed E-state index contributed by atoms with van der Waals surface area (Å²) in [5.41, 5.74) is 7.74.